The summed E-state index contributed by atoms with van der Waals surface area (Å²) in [6.07, 6.45) is 2.47. The largest absolute Gasteiger partial charge is 0.371 e. The van der Waals surface area contributed by atoms with E-state index in [0.717, 1.165) is 6.54 Å². The lowest BCUT2D eigenvalue weighted by Gasteiger charge is -2.15. The number of ether oxygens (including phenoxy) is 1. The molecule has 2 heterocycles. The van der Waals surface area contributed by atoms with Crippen molar-refractivity contribution in [2.24, 2.45) is 4.99 Å². The summed E-state index contributed by atoms with van der Waals surface area (Å²) < 4.78 is 10.7. The maximum Gasteiger partial charge on any atom is 0.246 e. The molecule has 8 nitrogen and oxygen atoms in total. The molecule has 29 heavy (non-hydrogen) atoms. The van der Waals surface area contributed by atoms with Crippen molar-refractivity contribution in [2.45, 2.75) is 52.4 Å². The first-order valence-corrected chi connectivity index (χ1v) is 10.4. The Labute approximate surface area is 172 Å². The van der Waals surface area contributed by atoms with E-state index in [2.05, 4.69) is 54.9 Å². The Morgan fingerprint density at radius 3 is 2.55 bits per heavy atom. The van der Waals surface area contributed by atoms with Crippen LogP contribution in [0.15, 0.2) is 33.8 Å². The molecular formula is C21H32N6O2. The molecule has 1 aliphatic heterocycles. The minimum absolute atomic E-state index is 0.177. The van der Waals surface area contributed by atoms with Crippen molar-refractivity contribution < 1.29 is 9.26 Å². The first-order valence-electron chi connectivity index (χ1n) is 10.4. The Morgan fingerprint density at radius 2 is 1.86 bits per heavy atom. The Balaban J connectivity index is 1.43. The third kappa shape index (κ3) is 6.54. The van der Waals surface area contributed by atoms with E-state index in [9.17, 15) is 0 Å². The number of aliphatic imine (C=N–C) groups is 1. The summed E-state index contributed by atoms with van der Waals surface area (Å²) in [4.78, 5) is 11.1. The Morgan fingerprint density at radius 1 is 1.17 bits per heavy atom. The van der Waals surface area contributed by atoms with Crippen molar-refractivity contribution in [2.75, 3.05) is 26.7 Å². The predicted molar refractivity (Wildman–Crippen MR) is 112 cm³/mol. The van der Waals surface area contributed by atoms with Gasteiger partial charge in [0.15, 0.2) is 11.8 Å². The first-order chi connectivity index (χ1) is 14.2. The molecule has 158 valence electrons. The number of nitrogens with one attached hydrogen (secondary N) is 2. The number of aromatic nitrogens is 2. The molecule has 1 atom stereocenters. The molecule has 0 saturated carbocycles. The van der Waals surface area contributed by atoms with Gasteiger partial charge in [-0.3, -0.25) is 9.89 Å². The third-order valence-corrected chi connectivity index (χ3v) is 4.98. The topological polar surface area (TPSA) is 87.8 Å². The fraction of sp³-hybridized carbons (Fsp3) is 0.571. The van der Waals surface area contributed by atoms with Crippen LogP contribution in [0.2, 0.25) is 0 Å². The fourth-order valence-electron chi connectivity index (χ4n) is 3.36. The van der Waals surface area contributed by atoms with E-state index in [1.165, 1.54) is 37.1 Å². The summed E-state index contributed by atoms with van der Waals surface area (Å²) in [5, 5.41) is 10.5. The molecule has 0 spiro atoms. The number of hydrogen-bond donors (Lipinski definition) is 2. The van der Waals surface area contributed by atoms with Gasteiger partial charge in [0.05, 0.1) is 6.54 Å². The highest BCUT2D eigenvalue weighted by atomic mass is 16.5. The molecule has 1 saturated heterocycles. The van der Waals surface area contributed by atoms with E-state index in [1.54, 1.807) is 7.05 Å². The van der Waals surface area contributed by atoms with Crippen molar-refractivity contribution in [3.63, 3.8) is 0 Å². The zero-order chi connectivity index (χ0) is 20.5. The zero-order valence-corrected chi connectivity index (χ0v) is 17.6. The quantitative estimate of drug-likeness (QED) is 0.494. The minimum atomic E-state index is -0.177. The van der Waals surface area contributed by atoms with E-state index in [0.29, 0.717) is 37.4 Å². The van der Waals surface area contributed by atoms with E-state index in [-0.39, 0.29) is 6.10 Å². The summed E-state index contributed by atoms with van der Waals surface area (Å²) in [6.45, 7) is 9.04. The lowest BCUT2D eigenvalue weighted by molar-refractivity contribution is 0.0683. The summed E-state index contributed by atoms with van der Waals surface area (Å²) in [5.41, 5.74) is 2.58. The van der Waals surface area contributed by atoms with Crippen molar-refractivity contribution in [1.29, 1.82) is 0 Å². The van der Waals surface area contributed by atoms with Crippen molar-refractivity contribution in [3.05, 3.63) is 47.1 Å². The standard InChI is InChI=1S/C21H32N6O2/c1-4-28-16(2)20-25-19(29-26-20)14-24-21(22-3)23-13-17-7-9-18(10-8-17)15-27-11-5-6-12-27/h7-10,16H,4-6,11-15H2,1-3H3,(H2,22,23,24). The van der Waals surface area contributed by atoms with Gasteiger partial charge < -0.3 is 19.9 Å². The fourth-order valence-corrected chi connectivity index (χ4v) is 3.36. The number of guanidine groups is 1. The summed E-state index contributed by atoms with van der Waals surface area (Å²) in [7, 11) is 1.74. The van der Waals surface area contributed by atoms with Crippen LogP contribution in [-0.2, 0) is 24.4 Å². The van der Waals surface area contributed by atoms with Crippen LogP contribution in [-0.4, -0.2) is 47.7 Å². The molecule has 1 aromatic heterocycles. The van der Waals surface area contributed by atoms with Crippen LogP contribution in [0.4, 0.5) is 0 Å². The maximum atomic E-state index is 5.48. The van der Waals surface area contributed by atoms with Gasteiger partial charge in [-0.2, -0.15) is 4.98 Å². The maximum absolute atomic E-state index is 5.48. The lowest BCUT2D eigenvalue weighted by atomic mass is 10.1. The van der Waals surface area contributed by atoms with Crippen LogP contribution in [0.5, 0.6) is 0 Å². The Kier molecular flexibility index (Phi) is 8.01. The van der Waals surface area contributed by atoms with E-state index in [1.807, 2.05) is 13.8 Å². The molecule has 8 heteroatoms. The molecule has 1 aliphatic rings. The van der Waals surface area contributed by atoms with Crippen molar-refractivity contribution in [1.82, 2.24) is 25.7 Å². The van der Waals surface area contributed by atoms with E-state index in [4.69, 9.17) is 9.26 Å². The third-order valence-electron chi connectivity index (χ3n) is 4.98. The highest BCUT2D eigenvalue weighted by molar-refractivity contribution is 5.79. The van der Waals surface area contributed by atoms with Gasteiger partial charge in [-0.15, -0.1) is 0 Å². The van der Waals surface area contributed by atoms with E-state index >= 15 is 0 Å². The normalized spacial score (nSPS) is 16.2. The van der Waals surface area contributed by atoms with Gasteiger partial charge in [0.1, 0.15) is 6.10 Å². The first kappa shape index (κ1) is 21.3. The number of nitrogens with zero attached hydrogens (tertiary/aromatic N) is 4. The summed E-state index contributed by atoms with van der Waals surface area (Å²) in [5.74, 6) is 1.74. The van der Waals surface area contributed by atoms with Gasteiger partial charge >= 0.3 is 0 Å². The molecule has 0 amide bonds. The number of rotatable bonds is 9. The van der Waals surface area contributed by atoms with Gasteiger partial charge in [0.2, 0.25) is 5.89 Å². The van der Waals surface area contributed by atoms with Crippen LogP contribution in [0, 0.1) is 0 Å². The smallest absolute Gasteiger partial charge is 0.246 e. The monoisotopic (exact) mass is 400 g/mol. The van der Waals surface area contributed by atoms with Crippen molar-refractivity contribution in [3.8, 4) is 0 Å². The molecule has 1 fully saturated rings. The van der Waals surface area contributed by atoms with Gasteiger partial charge in [0, 0.05) is 26.7 Å². The molecule has 2 N–H and O–H groups in total. The highest BCUT2D eigenvalue weighted by Gasteiger charge is 2.14. The molecule has 0 aliphatic carbocycles. The second-order valence-corrected chi connectivity index (χ2v) is 7.22. The minimum Gasteiger partial charge on any atom is -0.371 e. The van der Waals surface area contributed by atoms with Crippen LogP contribution < -0.4 is 10.6 Å². The summed E-state index contributed by atoms with van der Waals surface area (Å²) in [6, 6.07) is 8.77. The van der Waals surface area contributed by atoms with Crippen LogP contribution in [0.25, 0.3) is 0 Å². The van der Waals surface area contributed by atoms with Crippen LogP contribution in [0.1, 0.15) is 55.6 Å². The number of likely N-dealkylation sites (tertiary alicyclic amines) is 1. The molecule has 0 bridgehead atoms. The van der Waals surface area contributed by atoms with Crippen LogP contribution in [0.3, 0.4) is 0 Å². The molecule has 3 rings (SSSR count). The van der Waals surface area contributed by atoms with Gasteiger partial charge in [-0.25, -0.2) is 0 Å². The van der Waals surface area contributed by atoms with Gasteiger partial charge in [-0.05, 0) is 50.9 Å². The van der Waals surface area contributed by atoms with E-state index < -0.39 is 0 Å². The lowest BCUT2D eigenvalue weighted by Crippen LogP contribution is -2.36. The molecule has 0 radical (unpaired) electrons. The van der Waals surface area contributed by atoms with Gasteiger partial charge in [-0.1, -0.05) is 29.4 Å². The SMILES string of the molecule is CCOC(C)c1noc(CNC(=NC)NCc2ccc(CN3CCCC3)cc2)n1. The Bertz CT molecular complexity index is 768. The van der Waals surface area contributed by atoms with Crippen molar-refractivity contribution >= 4 is 5.96 Å². The van der Waals surface area contributed by atoms with Crippen LogP contribution >= 0.6 is 0 Å². The molecular weight excluding hydrogens is 368 g/mol. The average Bonchev–Trinajstić information content (AvgIpc) is 3.42. The predicted octanol–water partition coefficient (Wildman–Crippen LogP) is 2.63. The number of hydrogen-bond acceptors (Lipinski definition) is 6. The second kappa shape index (κ2) is 10.9. The molecule has 2 aromatic rings. The zero-order valence-electron chi connectivity index (χ0n) is 17.6. The number of benzene rings is 1. The highest BCUT2D eigenvalue weighted by Crippen LogP contribution is 2.14. The Hall–Kier alpha value is -2.45. The van der Waals surface area contributed by atoms with Gasteiger partial charge in [0.25, 0.3) is 0 Å². The second-order valence-electron chi connectivity index (χ2n) is 7.22. The average molecular weight is 401 g/mol. The summed E-state index contributed by atoms with van der Waals surface area (Å²) >= 11 is 0. The molecule has 1 unspecified atom stereocenters. The molecule has 1 aromatic carbocycles.